The zero-order valence-corrected chi connectivity index (χ0v) is 16.5. The van der Waals surface area contributed by atoms with E-state index in [4.69, 9.17) is 16.0 Å². The Morgan fingerprint density at radius 2 is 1.93 bits per heavy atom. The molecule has 1 amide bonds. The minimum absolute atomic E-state index is 0.000406. The second kappa shape index (κ2) is 6.83. The molecule has 4 aromatic rings. The van der Waals surface area contributed by atoms with Crippen LogP contribution < -0.4 is 5.43 Å². The largest absolute Gasteiger partial charge is 0.450 e. The number of hydrogen-bond acceptors (Lipinski definition) is 4. The summed E-state index contributed by atoms with van der Waals surface area (Å²) < 4.78 is 19.5. The van der Waals surface area contributed by atoms with Gasteiger partial charge in [0.25, 0.3) is 5.91 Å². The van der Waals surface area contributed by atoms with Crippen LogP contribution in [0.3, 0.4) is 0 Å². The maximum atomic E-state index is 13.8. The lowest BCUT2D eigenvalue weighted by Crippen LogP contribution is -2.28. The van der Waals surface area contributed by atoms with Crippen LogP contribution in [-0.2, 0) is 6.54 Å². The van der Waals surface area contributed by atoms with Gasteiger partial charge in [-0.2, -0.15) is 0 Å². The zero-order valence-electron chi connectivity index (χ0n) is 14.9. The van der Waals surface area contributed by atoms with E-state index in [2.05, 4.69) is 0 Å². The Kier molecular flexibility index (Phi) is 4.26. The summed E-state index contributed by atoms with van der Waals surface area (Å²) in [6.45, 7) is 0.218. The summed E-state index contributed by atoms with van der Waals surface area (Å²) in [7, 11) is 0. The molecule has 144 valence electrons. The molecule has 1 aliphatic heterocycles. The molecule has 0 saturated carbocycles. The van der Waals surface area contributed by atoms with Gasteiger partial charge < -0.3 is 9.32 Å². The molecular weight excluding hydrogens is 413 g/mol. The van der Waals surface area contributed by atoms with E-state index in [0.717, 1.165) is 16.5 Å². The first kappa shape index (κ1) is 18.1. The fourth-order valence-electron chi connectivity index (χ4n) is 3.71. The second-order valence-corrected chi connectivity index (χ2v) is 8.14. The van der Waals surface area contributed by atoms with Gasteiger partial charge >= 0.3 is 0 Å². The van der Waals surface area contributed by atoms with E-state index in [-0.39, 0.29) is 34.7 Å². The predicted molar refractivity (Wildman–Crippen MR) is 110 cm³/mol. The summed E-state index contributed by atoms with van der Waals surface area (Å²) in [5.74, 6) is -0.920. The molecule has 2 aromatic carbocycles. The topological polar surface area (TPSA) is 50.5 Å². The smallest absolute Gasteiger partial charge is 0.291 e. The van der Waals surface area contributed by atoms with Crippen molar-refractivity contribution in [2.24, 2.45) is 0 Å². The van der Waals surface area contributed by atoms with Gasteiger partial charge in [0.05, 0.1) is 10.9 Å². The van der Waals surface area contributed by atoms with Crippen LogP contribution >= 0.6 is 22.9 Å². The average molecular weight is 426 g/mol. The molecule has 1 aliphatic rings. The van der Waals surface area contributed by atoms with Crippen LogP contribution in [0.15, 0.2) is 69.2 Å². The van der Waals surface area contributed by atoms with Crippen molar-refractivity contribution in [2.75, 3.05) is 0 Å². The normalized spacial score (nSPS) is 15.9. The number of amides is 1. The van der Waals surface area contributed by atoms with Crippen molar-refractivity contribution >= 4 is 39.8 Å². The molecule has 0 aliphatic carbocycles. The van der Waals surface area contributed by atoms with Gasteiger partial charge in [-0.1, -0.05) is 35.9 Å². The number of nitrogens with zero attached hydrogens (tertiary/aromatic N) is 1. The monoisotopic (exact) mass is 425 g/mol. The quantitative estimate of drug-likeness (QED) is 0.442. The summed E-state index contributed by atoms with van der Waals surface area (Å²) in [5.41, 5.74) is 0.796. The van der Waals surface area contributed by atoms with Gasteiger partial charge in [-0.25, -0.2) is 4.39 Å². The molecule has 0 unspecified atom stereocenters. The van der Waals surface area contributed by atoms with Crippen molar-refractivity contribution in [3.05, 3.63) is 103 Å². The van der Waals surface area contributed by atoms with Gasteiger partial charge in [0, 0.05) is 16.4 Å². The van der Waals surface area contributed by atoms with Crippen molar-refractivity contribution < 1.29 is 13.6 Å². The highest BCUT2D eigenvalue weighted by Crippen LogP contribution is 2.41. The summed E-state index contributed by atoms with van der Waals surface area (Å²) in [6, 6.07) is 14.1. The number of carbonyl (C=O) groups is 1. The Labute approximate surface area is 173 Å². The van der Waals surface area contributed by atoms with E-state index < -0.39 is 17.3 Å². The molecule has 29 heavy (non-hydrogen) atoms. The molecule has 0 radical (unpaired) electrons. The Balaban J connectivity index is 1.73. The van der Waals surface area contributed by atoms with Crippen molar-refractivity contribution in [1.29, 1.82) is 0 Å². The van der Waals surface area contributed by atoms with E-state index in [1.165, 1.54) is 23.5 Å². The van der Waals surface area contributed by atoms with Crippen LogP contribution in [0.25, 0.3) is 11.0 Å². The average Bonchev–Trinajstić information content (AvgIpc) is 3.32. The van der Waals surface area contributed by atoms with E-state index in [1.807, 2.05) is 35.7 Å². The Morgan fingerprint density at radius 3 is 2.69 bits per heavy atom. The van der Waals surface area contributed by atoms with E-state index in [9.17, 15) is 14.0 Å². The third-order valence-corrected chi connectivity index (χ3v) is 6.33. The van der Waals surface area contributed by atoms with Crippen LogP contribution in [0.5, 0.6) is 0 Å². The van der Waals surface area contributed by atoms with Gasteiger partial charge in [-0.15, -0.1) is 11.3 Å². The molecular formula is C22H13ClFNO3S. The predicted octanol–water partition coefficient (Wildman–Crippen LogP) is 5.39. The molecule has 0 N–H and O–H groups in total. The molecule has 7 heteroatoms. The van der Waals surface area contributed by atoms with Crippen molar-refractivity contribution in [3.63, 3.8) is 0 Å². The number of hydrogen-bond donors (Lipinski definition) is 0. The van der Waals surface area contributed by atoms with Crippen LogP contribution in [-0.4, -0.2) is 10.8 Å². The van der Waals surface area contributed by atoms with E-state index in [1.54, 1.807) is 11.0 Å². The van der Waals surface area contributed by atoms with Gasteiger partial charge in [0.2, 0.25) is 5.76 Å². The fraction of sp³-hybridized carbons (Fsp3) is 0.0909. The zero-order chi connectivity index (χ0) is 20.1. The lowest BCUT2D eigenvalue weighted by Gasteiger charge is -2.24. The number of rotatable bonds is 3. The first-order valence-corrected chi connectivity index (χ1v) is 10.1. The highest BCUT2D eigenvalue weighted by Gasteiger charge is 2.43. The Bertz CT molecular complexity index is 1320. The van der Waals surface area contributed by atoms with Gasteiger partial charge in [0.15, 0.2) is 5.43 Å². The number of fused-ring (bicyclic) bond motifs is 2. The lowest BCUT2D eigenvalue weighted by molar-refractivity contribution is 0.0716. The molecule has 4 nitrogen and oxygen atoms in total. The molecule has 0 saturated heterocycles. The standard InChI is InChI=1S/C22H13ClFNO3S/c23-15-5-2-1-4-12(15)11-25-19(17-6-3-9-29-17)18-20(26)14-10-13(24)7-8-16(14)28-21(18)22(25)27/h1-10,19H,11H2/t19-/m0/s1. The van der Waals surface area contributed by atoms with Gasteiger partial charge in [-0.05, 0) is 41.3 Å². The van der Waals surface area contributed by atoms with Gasteiger partial charge in [-0.3, -0.25) is 9.59 Å². The van der Waals surface area contributed by atoms with Crippen molar-refractivity contribution in [3.8, 4) is 0 Å². The van der Waals surface area contributed by atoms with Crippen LogP contribution in [0.2, 0.25) is 5.02 Å². The third kappa shape index (κ3) is 2.87. The number of halogens is 2. The third-order valence-electron chi connectivity index (χ3n) is 5.04. The van der Waals surface area contributed by atoms with E-state index >= 15 is 0 Å². The number of benzene rings is 2. The first-order valence-electron chi connectivity index (χ1n) is 8.88. The van der Waals surface area contributed by atoms with Crippen molar-refractivity contribution in [2.45, 2.75) is 12.6 Å². The maximum absolute atomic E-state index is 13.8. The SMILES string of the molecule is O=C1c2oc3ccc(F)cc3c(=O)c2[C@H](c2cccs2)N1Cc1ccccc1Cl. The Hall–Kier alpha value is -2.96. The molecule has 2 aromatic heterocycles. The fourth-order valence-corrected chi connectivity index (χ4v) is 4.75. The summed E-state index contributed by atoms with van der Waals surface area (Å²) >= 11 is 7.75. The summed E-state index contributed by atoms with van der Waals surface area (Å²) in [5, 5.41) is 2.54. The molecule has 1 atom stereocenters. The lowest BCUT2D eigenvalue weighted by atomic mass is 10.0. The van der Waals surface area contributed by atoms with Crippen LogP contribution in [0.4, 0.5) is 4.39 Å². The Morgan fingerprint density at radius 1 is 1.10 bits per heavy atom. The van der Waals surface area contributed by atoms with Crippen LogP contribution in [0.1, 0.15) is 32.6 Å². The molecule has 0 spiro atoms. The minimum atomic E-state index is -0.613. The van der Waals surface area contributed by atoms with Crippen molar-refractivity contribution in [1.82, 2.24) is 4.90 Å². The molecule has 5 rings (SSSR count). The highest BCUT2D eigenvalue weighted by atomic mass is 35.5. The molecule has 0 bridgehead atoms. The molecule has 0 fully saturated rings. The highest BCUT2D eigenvalue weighted by molar-refractivity contribution is 7.10. The van der Waals surface area contributed by atoms with Gasteiger partial charge in [0.1, 0.15) is 17.4 Å². The second-order valence-electron chi connectivity index (χ2n) is 6.76. The van der Waals surface area contributed by atoms with E-state index in [0.29, 0.717) is 5.02 Å². The first-order chi connectivity index (χ1) is 14.0. The molecule has 3 heterocycles. The maximum Gasteiger partial charge on any atom is 0.291 e. The summed E-state index contributed by atoms with van der Waals surface area (Å²) in [4.78, 5) is 28.9. The summed E-state index contributed by atoms with van der Waals surface area (Å²) in [6.07, 6.45) is 0. The number of thiophene rings is 1. The number of carbonyl (C=O) groups excluding carboxylic acids is 1. The minimum Gasteiger partial charge on any atom is -0.450 e. The van der Waals surface area contributed by atoms with Crippen LogP contribution in [0, 0.1) is 5.82 Å².